The third kappa shape index (κ3) is 3.93. The van der Waals surface area contributed by atoms with Crippen molar-refractivity contribution in [1.82, 2.24) is 14.9 Å². The lowest BCUT2D eigenvalue weighted by atomic mass is 9.99. The van der Waals surface area contributed by atoms with Gasteiger partial charge in [-0.3, -0.25) is 4.90 Å². The number of morpholine rings is 1. The Morgan fingerprint density at radius 2 is 2.04 bits per heavy atom. The molecule has 0 spiro atoms. The van der Waals surface area contributed by atoms with E-state index in [9.17, 15) is 5.11 Å². The quantitative estimate of drug-likeness (QED) is 0.883. The topological polar surface area (TPSA) is 61.7 Å². The highest BCUT2D eigenvalue weighted by atomic mass is 35.5. The van der Waals surface area contributed by atoms with E-state index in [2.05, 4.69) is 9.80 Å². The first-order valence-corrected chi connectivity index (χ1v) is 9.73. The van der Waals surface area contributed by atoms with Crippen LogP contribution in [0.5, 0.6) is 0 Å². The Labute approximate surface area is 158 Å². The van der Waals surface area contributed by atoms with Gasteiger partial charge in [-0.1, -0.05) is 11.6 Å². The fourth-order valence-electron chi connectivity index (χ4n) is 3.86. The number of ether oxygens (including phenoxy) is 1. The van der Waals surface area contributed by atoms with Crippen molar-refractivity contribution in [3.8, 4) is 0 Å². The summed E-state index contributed by atoms with van der Waals surface area (Å²) < 4.78 is 5.49. The summed E-state index contributed by atoms with van der Waals surface area (Å²) in [5, 5.41) is 11.2. The molecular formula is C19H25ClN4O2. The van der Waals surface area contributed by atoms with Crippen molar-refractivity contribution in [2.24, 2.45) is 5.92 Å². The van der Waals surface area contributed by atoms with E-state index in [1.807, 2.05) is 18.2 Å². The van der Waals surface area contributed by atoms with Crippen LogP contribution in [0, 0.1) is 5.92 Å². The minimum atomic E-state index is 0.254. The van der Waals surface area contributed by atoms with E-state index in [1.165, 1.54) is 0 Å². The maximum atomic E-state index is 9.47. The third-order valence-corrected chi connectivity index (χ3v) is 5.46. The van der Waals surface area contributed by atoms with Crippen molar-refractivity contribution in [2.75, 3.05) is 50.9 Å². The summed E-state index contributed by atoms with van der Waals surface area (Å²) >= 11 is 6.21. The van der Waals surface area contributed by atoms with Gasteiger partial charge < -0.3 is 14.7 Å². The summed E-state index contributed by atoms with van der Waals surface area (Å²) in [5.41, 5.74) is 0.889. The number of aliphatic hydroxyl groups is 1. The first-order chi connectivity index (χ1) is 12.7. The average Bonchev–Trinajstić information content (AvgIpc) is 2.68. The SMILES string of the molecule is OCC1CCCN(Cc2nc(N3CCOCC3)c3ccc(Cl)cc3n2)C1. The third-order valence-electron chi connectivity index (χ3n) is 5.22. The van der Waals surface area contributed by atoms with E-state index < -0.39 is 0 Å². The molecule has 6 nitrogen and oxygen atoms in total. The first-order valence-electron chi connectivity index (χ1n) is 9.35. The van der Waals surface area contributed by atoms with Gasteiger partial charge in [-0.25, -0.2) is 9.97 Å². The molecule has 1 unspecified atom stereocenters. The summed E-state index contributed by atoms with van der Waals surface area (Å²) in [5.74, 6) is 2.15. The summed E-state index contributed by atoms with van der Waals surface area (Å²) in [6.45, 7) is 6.01. The zero-order valence-corrected chi connectivity index (χ0v) is 15.7. The molecular weight excluding hydrogens is 352 g/mol. The normalized spacial score (nSPS) is 22.1. The van der Waals surface area contributed by atoms with Gasteiger partial charge in [0.25, 0.3) is 0 Å². The van der Waals surface area contributed by atoms with Gasteiger partial charge in [0, 0.05) is 36.7 Å². The van der Waals surface area contributed by atoms with Gasteiger partial charge in [0.05, 0.1) is 25.3 Å². The number of piperidine rings is 1. The number of hydrogen-bond acceptors (Lipinski definition) is 6. The molecule has 0 bridgehead atoms. The Bertz CT molecular complexity index is 767. The number of aliphatic hydroxyl groups excluding tert-OH is 1. The molecule has 2 aliphatic heterocycles. The number of hydrogen-bond donors (Lipinski definition) is 1. The average molecular weight is 377 g/mol. The van der Waals surface area contributed by atoms with Crippen molar-refractivity contribution in [3.63, 3.8) is 0 Å². The van der Waals surface area contributed by atoms with Gasteiger partial charge in [-0.15, -0.1) is 0 Å². The maximum Gasteiger partial charge on any atom is 0.145 e. The number of halogens is 1. The number of fused-ring (bicyclic) bond motifs is 1. The lowest BCUT2D eigenvalue weighted by Gasteiger charge is -2.32. The van der Waals surface area contributed by atoms with Gasteiger partial charge >= 0.3 is 0 Å². The van der Waals surface area contributed by atoms with E-state index in [1.54, 1.807) is 0 Å². The molecule has 2 aromatic rings. The maximum absolute atomic E-state index is 9.47. The molecule has 2 saturated heterocycles. The number of nitrogens with zero attached hydrogens (tertiary/aromatic N) is 4. The number of aromatic nitrogens is 2. The van der Waals surface area contributed by atoms with Crippen molar-refractivity contribution in [1.29, 1.82) is 0 Å². The van der Waals surface area contributed by atoms with Crippen molar-refractivity contribution in [3.05, 3.63) is 29.0 Å². The summed E-state index contributed by atoms with van der Waals surface area (Å²) in [6.07, 6.45) is 2.21. The number of anilines is 1. The van der Waals surface area contributed by atoms with Crippen LogP contribution in [0.25, 0.3) is 10.9 Å². The Balaban J connectivity index is 1.65. The summed E-state index contributed by atoms with van der Waals surface area (Å²) in [4.78, 5) is 14.3. The molecule has 4 rings (SSSR count). The van der Waals surface area contributed by atoms with Gasteiger partial charge in [-0.2, -0.15) is 0 Å². The molecule has 1 N–H and O–H groups in total. The molecule has 0 aliphatic carbocycles. The van der Waals surface area contributed by atoms with Crippen molar-refractivity contribution >= 4 is 28.3 Å². The highest BCUT2D eigenvalue weighted by Crippen LogP contribution is 2.28. The second kappa shape index (κ2) is 8.05. The highest BCUT2D eigenvalue weighted by molar-refractivity contribution is 6.31. The van der Waals surface area contributed by atoms with E-state index in [-0.39, 0.29) is 6.61 Å². The predicted octanol–water partition coefficient (Wildman–Crippen LogP) is 2.32. The van der Waals surface area contributed by atoms with E-state index in [0.29, 0.717) is 17.5 Å². The van der Waals surface area contributed by atoms with Crippen LogP contribution in [0.1, 0.15) is 18.7 Å². The first kappa shape index (κ1) is 17.9. The molecule has 1 aromatic carbocycles. The van der Waals surface area contributed by atoms with Gasteiger partial charge in [0.15, 0.2) is 0 Å². The van der Waals surface area contributed by atoms with Gasteiger partial charge in [-0.05, 0) is 43.5 Å². The minimum Gasteiger partial charge on any atom is -0.396 e. The van der Waals surface area contributed by atoms with E-state index >= 15 is 0 Å². The Morgan fingerprint density at radius 3 is 2.85 bits per heavy atom. The van der Waals surface area contributed by atoms with E-state index in [4.69, 9.17) is 26.3 Å². The molecule has 1 atom stereocenters. The second-order valence-corrected chi connectivity index (χ2v) is 7.59. The number of benzene rings is 1. The van der Waals surface area contributed by atoms with Crippen LogP contribution >= 0.6 is 11.6 Å². The van der Waals surface area contributed by atoms with Crippen molar-refractivity contribution < 1.29 is 9.84 Å². The molecule has 2 fully saturated rings. The molecule has 0 amide bonds. The monoisotopic (exact) mass is 376 g/mol. The van der Waals surface area contributed by atoms with Crippen LogP contribution < -0.4 is 4.90 Å². The van der Waals surface area contributed by atoms with Crippen LogP contribution in [-0.2, 0) is 11.3 Å². The van der Waals surface area contributed by atoms with Crippen molar-refractivity contribution in [2.45, 2.75) is 19.4 Å². The molecule has 0 saturated carbocycles. The molecule has 26 heavy (non-hydrogen) atoms. The van der Waals surface area contributed by atoms with Crippen LogP contribution in [0.3, 0.4) is 0 Å². The molecule has 2 aliphatic rings. The van der Waals surface area contributed by atoms with Crippen LogP contribution in [0.15, 0.2) is 18.2 Å². The van der Waals surface area contributed by atoms with Gasteiger partial charge in [0.2, 0.25) is 0 Å². The van der Waals surface area contributed by atoms with Crippen LogP contribution in [0.4, 0.5) is 5.82 Å². The second-order valence-electron chi connectivity index (χ2n) is 7.15. The molecule has 7 heteroatoms. The smallest absolute Gasteiger partial charge is 0.145 e. The summed E-state index contributed by atoms with van der Waals surface area (Å²) in [6, 6.07) is 5.82. The molecule has 140 valence electrons. The number of rotatable bonds is 4. The lowest BCUT2D eigenvalue weighted by molar-refractivity contribution is 0.114. The Kier molecular flexibility index (Phi) is 5.55. The zero-order valence-electron chi connectivity index (χ0n) is 14.9. The van der Waals surface area contributed by atoms with Crippen LogP contribution in [-0.4, -0.2) is 66.0 Å². The fourth-order valence-corrected chi connectivity index (χ4v) is 4.03. The Hall–Kier alpha value is -1.47. The standard InChI is InChI=1S/C19H25ClN4O2/c20-15-3-4-16-17(10-15)21-18(12-23-5-1-2-14(11-23)13-25)22-19(16)24-6-8-26-9-7-24/h3-4,10,14,25H,1-2,5-9,11-13H2. The number of likely N-dealkylation sites (tertiary alicyclic amines) is 1. The lowest BCUT2D eigenvalue weighted by Crippen LogP contribution is -2.38. The van der Waals surface area contributed by atoms with Crippen LogP contribution in [0.2, 0.25) is 5.02 Å². The molecule has 3 heterocycles. The summed E-state index contributed by atoms with van der Waals surface area (Å²) in [7, 11) is 0. The Morgan fingerprint density at radius 1 is 1.19 bits per heavy atom. The zero-order chi connectivity index (χ0) is 17.9. The predicted molar refractivity (Wildman–Crippen MR) is 103 cm³/mol. The van der Waals surface area contributed by atoms with E-state index in [0.717, 1.165) is 74.8 Å². The molecule has 0 radical (unpaired) electrons. The largest absolute Gasteiger partial charge is 0.396 e. The highest BCUT2D eigenvalue weighted by Gasteiger charge is 2.22. The molecule has 1 aromatic heterocycles. The fraction of sp³-hybridized carbons (Fsp3) is 0.579. The van der Waals surface area contributed by atoms with Gasteiger partial charge in [0.1, 0.15) is 11.6 Å². The minimum absolute atomic E-state index is 0.254.